The van der Waals surface area contributed by atoms with Crippen LogP contribution in [0.4, 0.5) is 0 Å². The molecule has 3 heteroatoms. The summed E-state index contributed by atoms with van der Waals surface area (Å²) in [6.45, 7) is 3.92. The van der Waals surface area contributed by atoms with Crippen LogP contribution in [0.5, 0.6) is 0 Å². The Morgan fingerprint density at radius 2 is 1.53 bits per heavy atom. The first kappa shape index (κ1) is 13.8. The predicted octanol–water partition coefficient (Wildman–Crippen LogP) is 3.38. The molecule has 3 nitrogen and oxygen atoms in total. The van der Waals surface area contributed by atoms with Crippen LogP contribution in [0.2, 0.25) is 0 Å². The zero-order valence-electron chi connectivity index (χ0n) is 11.5. The van der Waals surface area contributed by atoms with Crippen molar-refractivity contribution < 1.29 is 14.7 Å². The Balaban J connectivity index is 2.28. The van der Waals surface area contributed by atoms with E-state index in [1.165, 1.54) is 0 Å². The Hall–Kier alpha value is -1.64. The molecule has 1 N–H and O–H groups in total. The average molecular weight is 260 g/mol. The number of hydrogen-bond acceptors (Lipinski definition) is 2. The maximum absolute atomic E-state index is 12.6. The van der Waals surface area contributed by atoms with E-state index in [2.05, 4.69) is 0 Å². The van der Waals surface area contributed by atoms with Crippen LogP contribution in [0.15, 0.2) is 18.2 Å². The van der Waals surface area contributed by atoms with Crippen molar-refractivity contribution in [3.63, 3.8) is 0 Å². The van der Waals surface area contributed by atoms with Gasteiger partial charge in [-0.15, -0.1) is 0 Å². The van der Waals surface area contributed by atoms with Crippen molar-refractivity contribution in [1.29, 1.82) is 0 Å². The van der Waals surface area contributed by atoms with Crippen molar-refractivity contribution in [2.24, 2.45) is 11.8 Å². The molecule has 102 valence electrons. The molecule has 0 spiro atoms. The maximum Gasteiger partial charge on any atom is 0.307 e. The van der Waals surface area contributed by atoms with E-state index in [9.17, 15) is 14.7 Å². The molecule has 0 amide bonds. The number of rotatable bonds is 3. The second-order valence-corrected chi connectivity index (χ2v) is 5.58. The van der Waals surface area contributed by atoms with Crippen LogP contribution >= 0.6 is 0 Å². The highest BCUT2D eigenvalue weighted by atomic mass is 16.4. The van der Waals surface area contributed by atoms with E-state index in [-0.39, 0.29) is 11.7 Å². The summed E-state index contributed by atoms with van der Waals surface area (Å²) in [5.41, 5.74) is 2.76. The minimum Gasteiger partial charge on any atom is -0.481 e. The molecule has 1 aromatic rings. The smallest absolute Gasteiger partial charge is 0.307 e. The first-order valence-corrected chi connectivity index (χ1v) is 6.84. The standard InChI is InChI=1S/C16H20O3/c1-10-7-11(2)9-12(8-10)15(17)13-5-3-4-6-14(13)16(18)19/h7-9,13-14H,3-6H2,1-2H3,(H,18,19)/t13-,14-/m1/s1. The van der Waals surface area contributed by atoms with Crippen molar-refractivity contribution >= 4 is 11.8 Å². The van der Waals surface area contributed by atoms with Gasteiger partial charge in [-0.05, 0) is 38.8 Å². The van der Waals surface area contributed by atoms with Gasteiger partial charge in [0, 0.05) is 11.5 Å². The average Bonchev–Trinajstić information content (AvgIpc) is 2.36. The molecule has 1 aliphatic carbocycles. The molecule has 1 saturated carbocycles. The van der Waals surface area contributed by atoms with E-state index < -0.39 is 11.9 Å². The molecular weight excluding hydrogens is 240 g/mol. The van der Waals surface area contributed by atoms with Crippen LogP contribution in [0, 0.1) is 25.7 Å². The van der Waals surface area contributed by atoms with Crippen LogP contribution < -0.4 is 0 Å². The largest absolute Gasteiger partial charge is 0.481 e. The molecule has 1 aliphatic rings. The van der Waals surface area contributed by atoms with Gasteiger partial charge < -0.3 is 5.11 Å². The number of carboxylic acids is 1. The van der Waals surface area contributed by atoms with E-state index in [1.54, 1.807) is 0 Å². The normalized spacial score (nSPS) is 23.1. The van der Waals surface area contributed by atoms with Crippen LogP contribution in [-0.4, -0.2) is 16.9 Å². The Morgan fingerprint density at radius 1 is 1.00 bits per heavy atom. The summed E-state index contributed by atoms with van der Waals surface area (Å²) < 4.78 is 0. The lowest BCUT2D eigenvalue weighted by Gasteiger charge is -2.27. The van der Waals surface area contributed by atoms with E-state index in [1.807, 2.05) is 32.0 Å². The summed E-state index contributed by atoms with van der Waals surface area (Å²) in [6, 6.07) is 5.75. The molecule has 2 rings (SSSR count). The number of hydrogen-bond donors (Lipinski definition) is 1. The van der Waals surface area contributed by atoms with Crippen LogP contribution in [0.1, 0.15) is 47.2 Å². The minimum absolute atomic E-state index is 0.00102. The number of carbonyl (C=O) groups is 2. The van der Waals surface area contributed by atoms with E-state index in [0.29, 0.717) is 18.4 Å². The number of aliphatic carboxylic acids is 1. The molecule has 1 aromatic carbocycles. The summed E-state index contributed by atoms with van der Waals surface area (Å²) in [4.78, 5) is 23.8. The fraction of sp³-hybridized carbons (Fsp3) is 0.500. The second-order valence-electron chi connectivity index (χ2n) is 5.58. The second kappa shape index (κ2) is 5.55. The number of Topliss-reactive ketones (excluding diaryl/α,β-unsaturated/α-hetero) is 1. The van der Waals surface area contributed by atoms with Crippen LogP contribution in [0.3, 0.4) is 0 Å². The van der Waals surface area contributed by atoms with Gasteiger partial charge in [-0.25, -0.2) is 0 Å². The zero-order valence-corrected chi connectivity index (χ0v) is 11.5. The van der Waals surface area contributed by atoms with Gasteiger partial charge in [-0.2, -0.15) is 0 Å². The summed E-state index contributed by atoms with van der Waals surface area (Å²) in [5.74, 6) is -1.70. The van der Waals surface area contributed by atoms with Gasteiger partial charge in [-0.1, -0.05) is 30.0 Å². The fourth-order valence-electron chi connectivity index (χ4n) is 3.07. The summed E-state index contributed by atoms with van der Waals surface area (Å²) >= 11 is 0. The lowest BCUT2D eigenvalue weighted by Crippen LogP contribution is -2.32. The first-order valence-electron chi connectivity index (χ1n) is 6.84. The molecule has 2 atom stereocenters. The maximum atomic E-state index is 12.6. The number of ketones is 1. The Morgan fingerprint density at radius 3 is 2.05 bits per heavy atom. The highest BCUT2D eigenvalue weighted by Gasteiger charge is 2.35. The van der Waals surface area contributed by atoms with Gasteiger partial charge >= 0.3 is 5.97 Å². The van der Waals surface area contributed by atoms with Gasteiger partial charge in [0.1, 0.15) is 0 Å². The minimum atomic E-state index is -0.831. The highest BCUT2D eigenvalue weighted by Crippen LogP contribution is 2.33. The third-order valence-electron chi connectivity index (χ3n) is 3.93. The van der Waals surface area contributed by atoms with Crippen molar-refractivity contribution in [3.05, 3.63) is 34.9 Å². The van der Waals surface area contributed by atoms with Gasteiger partial charge in [0.2, 0.25) is 0 Å². The molecule has 19 heavy (non-hydrogen) atoms. The molecule has 0 aliphatic heterocycles. The lowest BCUT2D eigenvalue weighted by molar-refractivity contribution is -0.144. The molecule has 0 unspecified atom stereocenters. The Labute approximate surface area is 113 Å². The van der Waals surface area contributed by atoms with Crippen molar-refractivity contribution in [2.45, 2.75) is 39.5 Å². The molecule has 0 saturated heterocycles. The number of benzene rings is 1. The van der Waals surface area contributed by atoms with Crippen molar-refractivity contribution in [1.82, 2.24) is 0 Å². The first-order chi connectivity index (χ1) is 8.99. The van der Waals surface area contributed by atoms with Gasteiger partial charge in [0.05, 0.1) is 5.92 Å². The number of aryl methyl sites for hydroxylation is 2. The molecule has 1 fully saturated rings. The predicted molar refractivity (Wildman–Crippen MR) is 73.3 cm³/mol. The Kier molecular flexibility index (Phi) is 4.03. The quantitative estimate of drug-likeness (QED) is 0.848. The van der Waals surface area contributed by atoms with Gasteiger partial charge in [0.25, 0.3) is 0 Å². The molecular formula is C16H20O3. The molecule has 0 aromatic heterocycles. The summed E-state index contributed by atoms with van der Waals surface area (Å²) in [5, 5.41) is 9.26. The van der Waals surface area contributed by atoms with Crippen molar-refractivity contribution in [2.75, 3.05) is 0 Å². The summed E-state index contributed by atoms with van der Waals surface area (Å²) in [7, 11) is 0. The number of carboxylic acid groups (broad SMARTS) is 1. The molecule has 0 radical (unpaired) electrons. The van der Waals surface area contributed by atoms with Crippen LogP contribution in [-0.2, 0) is 4.79 Å². The number of carbonyl (C=O) groups excluding carboxylic acids is 1. The van der Waals surface area contributed by atoms with Crippen molar-refractivity contribution in [3.8, 4) is 0 Å². The third kappa shape index (κ3) is 3.03. The highest BCUT2D eigenvalue weighted by molar-refractivity contribution is 6.00. The van der Waals surface area contributed by atoms with E-state index in [0.717, 1.165) is 24.0 Å². The monoisotopic (exact) mass is 260 g/mol. The Bertz CT molecular complexity index is 484. The van der Waals surface area contributed by atoms with Gasteiger partial charge in [-0.3, -0.25) is 9.59 Å². The van der Waals surface area contributed by atoms with Crippen LogP contribution in [0.25, 0.3) is 0 Å². The third-order valence-corrected chi connectivity index (χ3v) is 3.93. The van der Waals surface area contributed by atoms with E-state index >= 15 is 0 Å². The van der Waals surface area contributed by atoms with Gasteiger partial charge in [0.15, 0.2) is 5.78 Å². The fourth-order valence-corrected chi connectivity index (χ4v) is 3.07. The molecule has 0 bridgehead atoms. The topological polar surface area (TPSA) is 54.4 Å². The summed E-state index contributed by atoms with van der Waals surface area (Å²) in [6.07, 6.45) is 3.18. The molecule has 0 heterocycles. The zero-order chi connectivity index (χ0) is 14.0. The SMILES string of the molecule is Cc1cc(C)cc(C(=O)[C@@H]2CCCC[C@H]2C(=O)O)c1. The van der Waals surface area contributed by atoms with E-state index in [4.69, 9.17) is 0 Å². The lowest BCUT2D eigenvalue weighted by atomic mass is 9.75.